The van der Waals surface area contributed by atoms with Crippen molar-refractivity contribution in [2.24, 2.45) is 0 Å². The predicted molar refractivity (Wildman–Crippen MR) is 105 cm³/mol. The lowest BCUT2D eigenvalue weighted by Crippen LogP contribution is -2.34. The minimum Gasteiger partial charge on any atom is -0.356 e. The fourth-order valence-electron chi connectivity index (χ4n) is 3.96. The summed E-state index contributed by atoms with van der Waals surface area (Å²) in [5.41, 5.74) is 2.24. The zero-order chi connectivity index (χ0) is 20.0. The van der Waals surface area contributed by atoms with Gasteiger partial charge in [-0.15, -0.1) is 0 Å². The van der Waals surface area contributed by atoms with Gasteiger partial charge in [0.2, 0.25) is 5.82 Å². The number of aromatic nitrogens is 4. The molecule has 29 heavy (non-hydrogen) atoms. The quantitative estimate of drug-likeness (QED) is 0.522. The van der Waals surface area contributed by atoms with E-state index in [-0.39, 0.29) is 5.92 Å². The van der Waals surface area contributed by atoms with Crippen LogP contribution in [0.25, 0.3) is 21.9 Å². The molecule has 1 N–H and O–H groups in total. The van der Waals surface area contributed by atoms with Gasteiger partial charge in [0, 0.05) is 24.4 Å². The van der Waals surface area contributed by atoms with Crippen LogP contribution in [-0.4, -0.2) is 33.0 Å². The summed E-state index contributed by atoms with van der Waals surface area (Å²) in [5, 5.41) is 0.641. The first-order chi connectivity index (χ1) is 14.0. The number of imidazole rings is 1. The first-order valence-corrected chi connectivity index (χ1v) is 9.52. The number of aromatic amines is 1. The normalized spacial score (nSPS) is 16.0. The number of hydrogen-bond acceptors (Lipinski definition) is 4. The van der Waals surface area contributed by atoms with Crippen LogP contribution < -0.4 is 4.90 Å². The van der Waals surface area contributed by atoms with Gasteiger partial charge in [0.1, 0.15) is 11.6 Å². The summed E-state index contributed by atoms with van der Waals surface area (Å²) in [7, 11) is 0. The molecule has 0 bridgehead atoms. The average molecular weight is 397 g/mol. The first kappa shape index (κ1) is 17.9. The van der Waals surface area contributed by atoms with E-state index in [0.717, 1.165) is 29.7 Å². The molecule has 1 aliphatic rings. The van der Waals surface area contributed by atoms with Gasteiger partial charge in [-0.3, -0.25) is 0 Å². The largest absolute Gasteiger partial charge is 0.451 e. The van der Waals surface area contributed by atoms with E-state index in [1.165, 1.54) is 0 Å². The summed E-state index contributed by atoms with van der Waals surface area (Å²) < 4.78 is 39.9. The van der Waals surface area contributed by atoms with Gasteiger partial charge in [-0.25, -0.2) is 15.0 Å². The lowest BCUT2D eigenvalue weighted by Gasteiger charge is -2.32. The van der Waals surface area contributed by atoms with E-state index in [1.54, 1.807) is 24.3 Å². The van der Waals surface area contributed by atoms with Gasteiger partial charge in [0.15, 0.2) is 0 Å². The third-order valence-electron chi connectivity index (χ3n) is 5.43. The third kappa shape index (κ3) is 3.28. The highest BCUT2D eigenvalue weighted by Crippen LogP contribution is 2.35. The molecule has 5 rings (SSSR count). The molecular formula is C21H18F3N5. The standard InChI is InChI=1S/C21H18F3N5/c22-21(23,24)20-27-15-6-2-1-5-14(15)19(28-20)29-11-9-13(10-12-29)18-25-16-7-3-4-8-17(16)26-18/h1-8,13H,9-12H2,(H,25,26). The Morgan fingerprint density at radius 1 is 0.862 bits per heavy atom. The molecule has 8 heteroatoms. The number of fused-ring (bicyclic) bond motifs is 2. The van der Waals surface area contributed by atoms with Crippen LogP contribution in [0.2, 0.25) is 0 Å². The summed E-state index contributed by atoms with van der Waals surface area (Å²) in [6.07, 6.45) is -3.00. The average Bonchev–Trinajstić information content (AvgIpc) is 3.17. The van der Waals surface area contributed by atoms with E-state index in [2.05, 4.69) is 19.9 Å². The predicted octanol–water partition coefficient (Wildman–Crippen LogP) is 4.91. The Morgan fingerprint density at radius 2 is 1.55 bits per heavy atom. The molecule has 4 aromatic rings. The molecule has 1 fully saturated rings. The maximum Gasteiger partial charge on any atom is 0.451 e. The SMILES string of the molecule is FC(F)(F)c1nc(N2CCC(c3nc4ccccc4[nH]3)CC2)c2ccccc2n1. The highest BCUT2D eigenvalue weighted by Gasteiger charge is 2.36. The lowest BCUT2D eigenvalue weighted by atomic mass is 9.96. The molecule has 0 unspecified atom stereocenters. The lowest BCUT2D eigenvalue weighted by molar-refractivity contribution is -0.144. The van der Waals surface area contributed by atoms with Crippen molar-refractivity contribution in [1.29, 1.82) is 0 Å². The second-order valence-corrected chi connectivity index (χ2v) is 7.29. The zero-order valence-electron chi connectivity index (χ0n) is 15.4. The van der Waals surface area contributed by atoms with Crippen LogP contribution in [0.15, 0.2) is 48.5 Å². The van der Waals surface area contributed by atoms with Crippen molar-refractivity contribution in [3.63, 3.8) is 0 Å². The Bertz CT molecular complexity index is 1140. The smallest absolute Gasteiger partial charge is 0.356 e. The number of halogens is 3. The fraction of sp³-hybridized carbons (Fsp3) is 0.286. The van der Waals surface area contributed by atoms with Crippen molar-refractivity contribution in [3.8, 4) is 0 Å². The summed E-state index contributed by atoms with van der Waals surface area (Å²) in [6.45, 7) is 1.22. The van der Waals surface area contributed by atoms with E-state index in [9.17, 15) is 13.2 Å². The molecule has 1 saturated heterocycles. The minimum atomic E-state index is -4.58. The first-order valence-electron chi connectivity index (χ1n) is 9.52. The van der Waals surface area contributed by atoms with Crippen LogP contribution in [0.4, 0.5) is 19.0 Å². The molecule has 0 saturated carbocycles. The van der Waals surface area contributed by atoms with Crippen LogP contribution >= 0.6 is 0 Å². The monoisotopic (exact) mass is 397 g/mol. The molecule has 0 spiro atoms. The third-order valence-corrected chi connectivity index (χ3v) is 5.43. The van der Waals surface area contributed by atoms with Crippen molar-refractivity contribution in [3.05, 3.63) is 60.2 Å². The molecule has 0 amide bonds. The van der Waals surface area contributed by atoms with E-state index < -0.39 is 12.0 Å². The second kappa shape index (κ2) is 6.72. The highest BCUT2D eigenvalue weighted by molar-refractivity contribution is 5.89. The summed E-state index contributed by atoms with van der Waals surface area (Å²) in [5.74, 6) is 0.444. The zero-order valence-corrected chi connectivity index (χ0v) is 15.4. The van der Waals surface area contributed by atoms with Crippen LogP contribution in [0.1, 0.15) is 30.4 Å². The van der Waals surface area contributed by atoms with Gasteiger partial charge in [-0.05, 0) is 37.1 Å². The topological polar surface area (TPSA) is 57.7 Å². The molecule has 5 nitrogen and oxygen atoms in total. The summed E-state index contributed by atoms with van der Waals surface area (Å²) in [4.78, 5) is 17.6. The molecule has 148 valence electrons. The fourth-order valence-corrected chi connectivity index (χ4v) is 3.96. The van der Waals surface area contributed by atoms with Crippen molar-refractivity contribution in [2.45, 2.75) is 24.9 Å². The van der Waals surface area contributed by atoms with Gasteiger partial charge in [0.05, 0.1) is 16.6 Å². The maximum absolute atomic E-state index is 13.3. The van der Waals surface area contributed by atoms with E-state index in [4.69, 9.17) is 0 Å². The van der Waals surface area contributed by atoms with Crippen molar-refractivity contribution >= 4 is 27.8 Å². The van der Waals surface area contributed by atoms with Crippen molar-refractivity contribution < 1.29 is 13.2 Å². The van der Waals surface area contributed by atoms with Gasteiger partial charge in [-0.1, -0.05) is 24.3 Å². The highest BCUT2D eigenvalue weighted by atomic mass is 19.4. The Kier molecular flexibility index (Phi) is 4.15. The number of anilines is 1. The number of benzene rings is 2. The molecular weight excluding hydrogens is 379 g/mol. The Morgan fingerprint density at radius 3 is 2.28 bits per heavy atom. The Balaban J connectivity index is 1.43. The molecule has 1 aliphatic heterocycles. The van der Waals surface area contributed by atoms with E-state index >= 15 is 0 Å². The number of nitrogens with zero attached hydrogens (tertiary/aromatic N) is 4. The number of rotatable bonds is 2. The number of H-pyrrole nitrogens is 1. The van der Waals surface area contributed by atoms with Gasteiger partial charge in [0.25, 0.3) is 0 Å². The molecule has 0 aliphatic carbocycles. The van der Waals surface area contributed by atoms with Crippen LogP contribution in [0, 0.1) is 0 Å². The number of alkyl halides is 3. The van der Waals surface area contributed by atoms with Gasteiger partial charge >= 0.3 is 6.18 Å². The van der Waals surface area contributed by atoms with Gasteiger partial charge < -0.3 is 9.88 Å². The number of piperidine rings is 1. The van der Waals surface area contributed by atoms with E-state index in [1.807, 2.05) is 29.2 Å². The molecule has 2 aromatic carbocycles. The molecule has 0 atom stereocenters. The summed E-state index contributed by atoms with van der Waals surface area (Å²) in [6, 6.07) is 14.7. The number of para-hydroxylation sites is 3. The second-order valence-electron chi connectivity index (χ2n) is 7.29. The molecule has 0 radical (unpaired) electrons. The van der Waals surface area contributed by atoms with Crippen molar-refractivity contribution in [1.82, 2.24) is 19.9 Å². The molecule has 3 heterocycles. The molecule has 2 aromatic heterocycles. The Labute approximate surface area is 164 Å². The van der Waals surface area contributed by atoms with Crippen LogP contribution in [-0.2, 0) is 6.18 Å². The maximum atomic E-state index is 13.3. The minimum absolute atomic E-state index is 0.244. The Hall–Kier alpha value is -3.16. The van der Waals surface area contributed by atoms with Crippen LogP contribution in [0.5, 0.6) is 0 Å². The number of nitrogens with one attached hydrogen (secondary N) is 1. The van der Waals surface area contributed by atoms with E-state index in [0.29, 0.717) is 29.8 Å². The number of hydrogen-bond donors (Lipinski definition) is 1. The van der Waals surface area contributed by atoms with Crippen molar-refractivity contribution in [2.75, 3.05) is 18.0 Å². The summed E-state index contributed by atoms with van der Waals surface area (Å²) >= 11 is 0. The van der Waals surface area contributed by atoms with Crippen LogP contribution in [0.3, 0.4) is 0 Å². The van der Waals surface area contributed by atoms with Gasteiger partial charge in [-0.2, -0.15) is 13.2 Å².